The molecule has 0 saturated heterocycles. The van der Waals surface area contributed by atoms with Crippen molar-refractivity contribution in [2.75, 3.05) is 7.11 Å². The van der Waals surface area contributed by atoms with Gasteiger partial charge in [-0.15, -0.1) is 0 Å². The maximum Gasteiger partial charge on any atom is 0.171 e. The highest BCUT2D eigenvalue weighted by Crippen LogP contribution is 2.90. The normalized spacial score (nSPS) is 33.7. The molecule has 0 aromatic heterocycles. The van der Waals surface area contributed by atoms with Gasteiger partial charge in [-0.25, -0.2) is 0 Å². The summed E-state index contributed by atoms with van der Waals surface area (Å²) >= 11 is 0. The van der Waals surface area contributed by atoms with Crippen molar-refractivity contribution in [2.24, 2.45) is 5.41 Å². The fourth-order valence-corrected chi connectivity index (χ4v) is 7.15. The van der Waals surface area contributed by atoms with Crippen molar-refractivity contribution in [1.29, 1.82) is 0 Å². The molecular weight excluding hydrogens is 344 g/mol. The van der Waals surface area contributed by atoms with E-state index in [1.807, 2.05) is 12.1 Å². The average molecular weight is 366 g/mol. The predicted molar refractivity (Wildman–Crippen MR) is 109 cm³/mol. The first-order chi connectivity index (χ1) is 13.5. The first-order valence-electron chi connectivity index (χ1n) is 9.91. The van der Waals surface area contributed by atoms with Gasteiger partial charge < -0.3 is 4.74 Å². The monoisotopic (exact) mass is 366 g/mol. The summed E-state index contributed by atoms with van der Waals surface area (Å²) in [6, 6.07) is 25.4. The lowest BCUT2D eigenvalue weighted by Crippen LogP contribution is -2.34. The molecule has 3 aromatic carbocycles. The molecule has 0 N–H and O–H groups in total. The summed E-state index contributed by atoms with van der Waals surface area (Å²) in [7, 11) is 1.66. The molecule has 28 heavy (non-hydrogen) atoms. The summed E-state index contributed by atoms with van der Waals surface area (Å²) in [5.74, 6) is 0.864. The van der Waals surface area contributed by atoms with Crippen LogP contribution in [0.2, 0.25) is 0 Å². The minimum Gasteiger partial charge on any atom is -0.497 e. The van der Waals surface area contributed by atoms with Gasteiger partial charge in [-0.3, -0.25) is 4.79 Å². The van der Waals surface area contributed by atoms with Gasteiger partial charge in [0, 0.05) is 21.8 Å². The Balaban J connectivity index is 1.76. The number of ketones is 1. The molecule has 2 heteroatoms. The third-order valence-corrected chi connectivity index (χ3v) is 8.26. The maximum absolute atomic E-state index is 13.8. The van der Waals surface area contributed by atoms with Crippen molar-refractivity contribution in [3.05, 3.63) is 101 Å². The van der Waals surface area contributed by atoms with Gasteiger partial charge in [-0.05, 0) is 34.4 Å². The Hall–Kier alpha value is -2.87. The largest absolute Gasteiger partial charge is 0.497 e. The van der Waals surface area contributed by atoms with Crippen molar-refractivity contribution < 1.29 is 9.53 Å². The number of carbonyl (C=O) groups is 1. The number of hydrogen-bond donors (Lipinski definition) is 0. The number of hydrogen-bond acceptors (Lipinski definition) is 2. The fourth-order valence-electron chi connectivity index (χ4n) is 7.15. The van der Waals surface area contributed by atoms with Crippen LogP contribution in [0, 0.1) is 5.41 Å². The van der Waals surface area contributed by atoms with Crippen LogP contribution in [0.5, 0.6) is 5.75 Å². The molecule has 4 atom stereocenters. The van der Waals surface area contributed by atoms with E-state index in [1.54, 1.807) is 7.11 Å². The Bertz CT molecular complexity index is 1160. The number of ether oxygens (including phenoxy) is 1. The Morgan fingerprint density at radius 2 is 1.57 bits per heavy atom. The SMILES string of the molecule is COc1ccc2c(c1)C(=O)C1c3ccccc3C3(c4ccccc4)C2(C)C13C. The lowest BCUT2D eigenvalue weighted by atomic mass is 9.66. The third-order valence-electron chi connectivity index (χ3n) is 8.26. The van der Waals surface area contributed by atoms with Crippen molar-refractivity contribution in [3.8, 4) is 5.75 Å². The van der Waals surface area contributed by atoms with Gasteiger partial charge in [0.15, 0.2) is 5.78 Å². The summed E-state index contributed by atoms with van der Waals surface area (Å²) in [6.07, 6.45) is 0. The molecule has 4 unspecified atom stereocenters. The Kier molecular flexibility index (Phi) is 2.73. The second-order valence-corrected chi connectivity index (χ2v) is 8.74. The average Bonchev–Trinajstić information content (AvgIpc) is 3.06. The number of rotatable bonds is 2. The second-order valence-electron chi connectivity index (χ2n) is 8.74. The van der Waals surface area contributed by atoms with E-state index in [-0.39, 0.29) is 27.9 Å². The van der Waals surface area contributed by atoms with E-state index in [0.717, 1.165) is 16.9 Å². The van der Waals surface area contributed by atoms with E-state index in [4.69, 9.17) is 4.74 Å². The maximum atomic E-state index is 13.8. The lowest BCUT2D eigenvalue weighted by molar-refractivity contribution is 0.0903. The number of methoxy groups -OCH3 is 1. The van der Waals surface area contributed by atoms with Gasteiger partial charge in [0.25, 0.3) is 0 Å². The molecule has 1 saturated carbocycles. The number of carbonyl (C=O) groups excluding carboxylic acids is 1. The summed E-state index contributed by atoms with van der Waals surface area (Å²) in [4.78, 5) is 13.8. The quantitative estimate of drug-likeness (QED) is 0.619. The van der Waals surface area contributed by atoms with Gasteiger partial charge in [0.1, 0.15) is 5.75 Å². The van der Waals surface area contributed by atoms with Gasteiger partial charge in [-0.1, -0.05) is 74.5 Å². The zero-order chi connectivity index (χ0) is 19.3. The van der Waals surface area contributed by atoms with Crippen LogP contribution < -0.4 is 4.74 Å². The predicted octanol–water partition coefficient (Wildman–Crippen LogP) is 5.25. The number of fused-ring (bicyclic) bond motifs is 6. The smallest absolute Gasteiger partial charge is 0.171 e. The molecule has 6 rings (SSSR count). The molecule has 3 aliphatic carbocycles. The van der Waals surface area contributed by atoms with E-state index in [0.29, 0.717) is 0 Å². The van der Waals surface area contributed by atoms with Crippen LogP contribution in [0.1, 0.15) is 52.4 Å². The molecule has 3 aromatic rings. The van der Waals surface area contributed by atoms with E-state index in [2.05, 4.69) is 74.5 Å². The molecule has 0 bridgehead atoms. The van der Waals surface area contributed by atoms with Gasteiger partial charge in [0.05, 0.1) is 13.0 Å². The number of benzene rings is 3. The fraction of sp³-hybridized carbons (Fsp3) is 0.269. The van der Waals surface area contributed by atoms with Gasteiger partial charge in [0.2, 0.25) is 0 Å². The molecule has 0 radical (unpaired) electrons. The molecule has 1 fully saturated rings. The van der Waals surface area contributed by atoms with Gasteiger partial charge in [-0.2, -0.15) is 0 Å². The van der Waals surface area contributed by atoms with Crippen LogP contribution >= 0.6 is 0 Å². The molecule has 0 amide bonds. The van der Waals surface area contributed by atoms with Crippen LogP contribution in [-0.4, -0.2) is 12.9 Å². The highest BCUT2D eigenvalue weighted by Gasteiger charge is 2.91. The first kappa shape index (κ1) is 16.1. The van der Waals surface area contributed by atoms with E-state index in [1.165, 1.54) is 16.7 Å². The topological polar surface area (TPSA) is 26.3 Å². The van der Waals surface area contributed by atoms with Crippen molar-refractivity contribution >= 4 is 5.78 Å². The molecular formula is C26H22O2. The van der Waals surface area contributed by atoms with Crippen molar-refractivity contribution in [3.63, 3.8) is 0 Å². The molecule has 2 nitrogen and oxygen atoms in total. The summed E-state index contributed by atoms with van der Waals surface area (Å²) < 4.78 is 5.44. The Labute approximate surface area is 165 Å². The highest BCUT2D eigenvalue weighted by atomic mass is 16.5. The highest BCUT2D eigenvalue weighted by molar-refractivity contribution is 6.09. The van der Waals surface area contributed by atoms with Crippen LogP contribution in [0.4, 0.5) is 0 Å². The van der Waals surface area contributed by atoms with E-state index < -0.39 is 0 Å². The Morgan fingerprint density at radius 1 is 0.857 bits per heavy atom. The summed E-state index contributed by atoms with van der Waals surface area (Å²) in [6.45, 7) is 4.69. The molecule has 0 spiro atoms. The van der Waals surface area contributed by atoms with Crippen molar-refractivity contribution in [1.82, 2.24) is 0 Å². The summed E-state index contributed by atoms with van der Waals surface area (Å²) in [5, 5.41) is 0. The lowest BCUT2D eigenvalue weighted by Gasteiger charge is -2.35. The molecule has 0 heterocycles. The van der Waals surface area contributed by atoms with E-state index in [9.17, 15) is 4.79 Å². The minimum atomic E-state index is -0.183. The first-order valence-corrected chi connectivity index (χ1v) is 9.91. The van der Waals surface area contributed by atoms with Crippen LogP contribution in [0.3, 0.4) is 0 Å². The number of Topliss-reactive ketones (excluding diaryl/α,β-unsaturated/α-hetero) is 1. The van der Waals surface area contributed by atoms with Crippen molar-refractivity contribution in [2.45, 2.75) is 30.6 Å². The zero-order valence-corrected chi connectivity index (χ0v) is 16.3. The standard InChI is InChI=1S/C26H22O2/c1-24-20-14-13-17(28-3)15-19(20)23(27)22-18-11-7-8-12-21(18)26(24,25(22,24)2)16-9-5-4-6-10-16/h4-15,22H,1-3H3. The van der Waals surface area contributed by atoms with Crippen LogP contribution in [0.15, 0.2) is 72.8 Å². The minimum absolute atomic E-state index is 0.117. The zero-order valence-electron chi connectivity index (χ0n) is 16.3. The Morgan fingerprint density at radius 3 is 2.32 bits per heavy atom. The molecule has 0 aliphatic heterocycles. The van der Waals surface area contributed by atoms with E-state index >= 15 is 0 Å². The summed E-state index contributed by atoms with van der Waals surface area (Å²) in [5.41, 5.74) is 5.35. The van der Waals surface area contributed by atoms with Crippen LogP contribution in [-0.2, 0) is 10.8 Å². The van der Waals surface area contributed by atoms with Crippen LogP contribution in [0.25, 0.3) is 0 Å². The molecule has 3 aliphatic rings. The third kappa shape index (κ3) is 1.33. The van der Waals surface area contributed by atoms with Gasteiger partial charge >= 0.3 is 0 Å². The second kappa shape index (κ2) is 4.75. The molecule has 138 valence electrons.